The molecular weight excluding hydrogens is 276 g/mol. The van der Waals surface area contributed by atoms with E-state index in [0.29, 0.717) is 17.1 Å². The Morgan fingerprint density at radius 2 is 1.90 bits per heavy atom. The highest BCUT2D eigenvalue weighted by atomic mass is 35.5. The van der Waals surface area contributed by atoms with Crippen LogP contribution >= 0.6 is 11.6 Å². The number of aromatic amines is 1. The molecule has 2 aromatic rings. The van der Waals surface area contributed by atoms with E-state index in [2.05, 4.69) is 10.3 Å². The highest BCUT2D eigenvalue weighted by Gasteiger charge is 2.13. The lowest BCUT2D eigenvalue weighted by Gasteiger charge is -2.08. The highest BCUT2D eigenvalue weighted by molar-refractivity contribution is 6.30. The number of pyridine rings is 1. The summed E-state index contributed by atoms with van der Waals surface area (Å²) in [7, 11) is 0. The Hall–Kier alpha value is -2.07. The molecule has 0 saturated heterocycles. The fourth-order valence-electron chi connectivity index (χ4n) is 2.01. The van der Waals surface area contributed by atoms with Gasteiger partial charge in [0.2, 0.25) is 0 Å². The molecule has 0 unspecified atom stereocenters. The number of aryl methyl sites for hydroxylation is 2. The van der Waals surface area contributed by atoms with Crippen molar-refractivity contribution >= 4 is 17.5 Å². The van der Waals surface area contributed by atoms with Crippen LogP contribution in [0, 0.1) is 13.8 Å². The van der Waals surface area contributed by atoms with Crippen molar-refractivity contribution in [3.63, 3.8) is 0 Å². The van der Waals surface area contributed by atoms with Gasteiger partial charge in [-0.3, -0.25) is 9.59 Å². The van der Waals surface area contributed by atoms with Crippen LogP contribution in [-0.2, 0) is 6.54 Å². The van der Waals surface area contributed by atoms with E-state index in [4.69, 9.17) is 11.6 Å². The van der Waals surface area contributed by atoms with Gasteiger partial charge in [-0.1, -0.05) is 23.7 Å². The van der Waals surface area contributed by atoms with Crippen LogP contribution < -0.4 is 10.9 Å². The van der Waals surface area contributed by atoms with E-state index < -0.39 is 0 Å². The number of hydrogen-bond donors (Lipinski definition) is 2. The highest BCUT2D eigenvalue weighted by Crippen LogP contribution is 2.09. The van der Waals surface area contributed by atoms with E-state index in [-0.39, 0.29) is 17.0 Å². The van der Waals surface area contributed by atoms with Gasteiger partial charge in [-0.05, 0) is 43.2 Å². The van der Waals surface area contributed by atoms with Crippen molar-refractivity contribution in [2.75, 3.05) is 0 Å². The molecule has 1 amide bonds. The molecule has 0 aliphatic carbocycles. The third-order valence-corrected chi connectivity index (χ3v) is 3.21. The minimum absolute atomic E-state index is 0.157. The first-order valence-electron chi connectivity index (χ1n) is 6.20. The summed E-state index contributed by atoms with van der Waals surface area (Å²) in [6.07, 6.45) is 0. The Bertz CT molecular complexity index is 690. The van der Waals surface area contributed by atoms with E-state index >= 15 is 0 Å². The zero-order chi connectivity index (χ0) is 14.7. The molecule has 1 aromatic heterocycles. The maximum Gasteiger partial charge on any atom is 0.261 e. The molecule has 2 N–H and O–H groups in total. The fraction of sp³-hybridized carbons (Fsp3) is 0.200. The number of nitrogens with one attached hydrogen (secondary N) is 2. The number of halogens is 1. The van der Waals surface area contributed by atoms with Gasteiger partial charge in [0.25, 0.3) is 11.5 Å². The smallest absolute Gasteiger partial charge is 0.261 e. The summed E-state index contributed by atoms with van der Waals surface area (Å²) >= 11 is 5.79. The Morgan fingerprint density at radius 1 is 1.25 bits per heavy atom. The first kappa shape index (κ1) is 14.3. The number of carbonyl (C=O) groups is 1. The summed E-state index contributed by atoms with van der Waals surface area (Å²) in [5.74, 6) is -0.376. The quantitative estimate of drug-likeness (QED) is 0.912. The van der Waals surface area contributed by atoms with Gasteiger partial charge >= 0.3 is 0 Å². The molecule has 4 nitrogen and oxygen atoms in total. The van der Waals surface area contributed by atoms with Gasteiger partial charge in [0.05, 0.1) is 0 Å². The second-order valence-corrected chi connectivity index (χ2v) is 5.09. The van der Waals surface area contributed by atoms with Gasteiger partial charge < -0.3 is 10.3 Å². The predicted molar refractivity (Wildman–Crippen MR) is 79.2 cm³/mol. The summed E-state index contributed by atoms with van der Waals surface area (Å²) < 4.78 is 0. The van der Waals surface area contributed by atoms with Gasteiger partial charge in [-0.15, -0.1) is 0 Å². The van der Waals surface area contributed by atoms with Crippen molar-refractivity contribution < 1.29 is 4.79 Å². The Balaban J connectivity index is 2.13. The van der Waals surface area contributed by atoms with E-state index in [1.807, 2.05) is 12.1 Å². The standard InChI is InChI=1S/C15H15ClN2O2/c1-9-7-10(2)18-15(20)13(9)14(19)17-8-11-3-5-12(16)6-4-11/h3-7H,8H2,1-2H3,(H,17,19)(H,18,20). The number of benzene rings is 1. The number of aromatic nitrogens is 1. The van der Waals surface area contributed by atoms with Crippen molar-refractivity contribution in [1.82, 2.24) is 10.3 Å². The molecule has 1 heterocycles. The Morgan fingerprint density at radius 3 is 2.50 bits per heavy atom. The van der Waals surface area contributed by atoms with Crippen molar-refractivity contribution in [2.24, 2.45) is 0 Å². The Kier molecular flexibility index (Phi) is 4.25. The van der Waals surface area contributed by atoms with Gasteiger partial charge in [0.15, 0.2) is 0 Å². The van der Waals surface area contributed by atoms with Crippen LogP contribution in [0.3, 0.4) is 0 Å². The normalized spacial score (nSPS) is 10.3. The number of carbonyl (C=O) groups excluding carboxylic acids is 1. The summed E-state index contributed by atoms with van der Waals surface area (Å²) in [6, 6.07) is 8.95. The number of amides is 1. The first-order valence-corrected chi connectivity index (χ1v) is 6.58. The molecule has 0 saturated carbocycles. The monoisotopic (exact) mass is 290 g/mol. The van der Waals surface area contributed by atoms with Crippen molar-refractivity contribution in [3.05, 3.63) is 68.1 Å². The van der Waals surface area contributed by atoms with Crippen LogP contribution in [0.2, 0.25) is 5.02 Å². The summed E-state index contributed by atoms with van der Waals surface area (Å²) in [5.41, 5.74) is 2.12. The van der Waals surface area contributed by atoms with Gasteiger partial charge in [0.1, 0.15) is 5.56 Å². The number of rotatable bonds is 3. The number of H-pyrrole nitrogens is 1. The van der Waals surface area contributed by atoms with Crippen LogP contribution in [0.15, 0.2) is 35.1 Å². The molecule has 2 rings (SSSR count). The fourth-order valence-corrected chi connectivity index (χ4v) is 2.13. The zero-order valence-corrected chi connectivity index (χ0v) is 12.0. The Labute approximate surface area is 121 Å². The minimum atomic E-state index is -0.376. The average Bonchev–Trinajstić information content (AvgIpc) is 2.37. The number of hydrogen-bond acceptors (Lipinski definition) is 2. The maximum absolute atomic E-state index is 12.1. The van der Waals surface area contributed by atoms with E-state index in [9.17, 15) is 9.59 Å². The third kappa shape index (κ3) is 3.27. The van der Waals surface area contributed by atoms with Gasteiger partial charge in [0, 0.05) is 17.3 Å². The minimum Gasteiger partial charge on any atom is -0.348 e. The summed E-state index contributed by atoms with van der Waals surface area (Å²) in [6.45, 7) is 3.88. The largest absolute Gasteiger partial charge is 0.348 e. The molecular formula is C15H15ClN2O2. The molecule has 0 aliphatic heterocycles. The third-order valence-electron chi connectivity index (χ3n) is 2.96. The van der Waals surface area contributed by atoms with Crippen LogP contribution in [0.5, 0.6) is 0 Å². The lowest BCUT2D eigenvalue weighted by molar-refractivity contribution is 0.0948. The molecule has 20 heavy (non-hydrogen) atoms. The SMILES string of the molecule is Cc1cc(C)c(C(=O)NCc2ccc(Cl)cc2)c(=O)[nH]1. The van der Waals surface area contributed by atoms with E-state index in [0.717, 1.165) is 11.3 Å². The van der Waals surface area contributed by atoms with E-state index in [1.54, 1.807) is 32.0 Å². The van der Waals surface area contributed by atoms with Crippen LogP contribution in [0.1, 0.15) is 27.2 Å². The first-order chi connectivity index (χ1) is 9.47. The topological polar surface area (TPSA) is 62.0 Å². The molecule has 0 fully saturated rings. The molecule has 5 heteroatoms. The lowest BCUT2D eigenvalue weighted by Crippen LogP contribution is -2.30. The summed E-state index contributed by atoms with van der Waals surface area (Å²) in [4.78, 5) is 26.5. The lowest BCUT2D eigenvalue weighted by atomic mass is 10.1. The molecule has 0 bridgehead atoms. The molecule has 0 spiro atoms. The molecule has 0 atom stereocenters. The summed E-state index contributed by atoms with van der Waals surface area (Å²) in [5, 5.41) is 3.38. The van der Waals surface area contributed by atoms with Gasteiger partial charge in [-0.2, -0.15) is 0 Å². The van der Waals surface area contributed by atoms with Gasteiger partial charge in [-0.25, -0.2) is 0 Å². The second-order valence-electron chi connectivity index (χ2n) is 4.65. The second kappa shape index (κ2) is 5.92. The average molecular weight is 291 g/mol. The molecule has 0 aliphatic rings. The van der Waals surface area contributed by atoms with Crippen LogP contribution in [0.25, 0.3) is 0 Å². The zero-order valence-electron chi connectivity index (χ0n) is 11.3. The van der Waals surface area contributed by atoms with Crippen molar-refractivity contribution in [3.8, 4) is 0 Å². The van der Waals surface area contributed by atoms with Crippen LogP contribution in [0.4, 0.5) is 0 Å². The maximum atomic E-state index is 12.1. The molecule has 0 radical (unpaired) electrons. The van der Waals surface area contributed by atoms with E-state index in [1.165, 1.54) is 0 Å². The molecule has 1 aromatic carbocycles. The van der Waals surface area contributed by atoms with Crippen LogP contribution in [-0.4, -0.2) is 10.9 Å². The molecule has 104 valence electrons. The predicted octanol–water partition coefficient (Wildman–Crippen LogP) is 2.58. The van der Waals surface area contributed by atoms with Crippen molar-refractivity contribution in [1.29, 1.82) is 0 Å². The van der Waals surface area contributed by atoms with Crippen molar-refractivity contribution in [2.45, 2.75) is 20.4 Å².